The second-order valence-corrected chi connectivity index (χ2v) is 7.17. The van der Waals surface area contributed by atoms with Crippen molar-refractivity contribution in [2.45, 2.75) is 51.2 Å². The summed E-state index contributed by atoms with van der Waals surface area (Å²) in [6.07, 6.45) is -5.35. The van der Waals surface area contributed by atoms with Gasteiger partial charge in [0.05, 0.1) is 18.2 Å². The molecule has 0 aliphatic carbocycles. The number of halogens is 3. The topological polar surface area (TPSA) is 48.0 Å². The summed E-state index contributed by atoms with van der Waals surface area (Å²) in [4.78, 5) is 13.7. The number of likely N-dealkylation sites (tertiary alicyclic amines) is 1. The van der Waals surface area contributed by atoms with Crippen molar-refractivity contribution in [3.8, 4) is 5.75 Å². The molecule has 146 valence electrons. The van der Waals surface area contributed by atoms with Crippen LogP contribution in [0.25, 0.3) is 0 Å². The molecule has 1 aliphatic heterocycles. The van der Waals surface area contributed by atoms with Crippen molar-refractivity contribution in [1.29, 1.82) is 0 Å². The zero-order chi connectivity index (χ0) is 19.5. The van der Waals surface area contributed by atoms with Gasteiger partial charge in [0, 0.05) is 13.7 Å². The van der Waals surface area contributed by atoms with Gasteiger partial charge < -0.3 is 19.1 Å². The summed E-state index contributed by atoms with van der Waals surface area (Å²) in [6.45, 7) is 5.90. The number of carbonyl (C=O) groups excluding carboxylic acids is 1. The molecule has 0 aromatic heterocycles. The maximum Gasteiger partial charge on any atom is 0.416 e. The van der Waals surface area contributed by atoms with Crippen molar-refractivity contribution in [3.63, 3.8) is 0 Å². The smallest absolute Gasteiger partial charge is 0.416 e. The Labute approximate surface area is 151 Å². The van der Waals surface area contributed by atoms with Crippen molar-refractivity contribution < 1.29 is 32.2 Å². The Balaban J connectivity index is 2.11. The number of alkyl halides is 3. The second kappa shape index (κ2) is 7.73. The first-order valence-corrected chi connectivity index (χ1v) is 8.34. The molecule has 0 bridgehead atoms. The van der Waals surface area contributed by atoms with Gasteiger partial charge in [-0.05, 0) is 45.4 Å². The van der Waals surface area contributed by atoms with E-state index >= 15 is 0 Å². The first kappa shape index (κ1) is 20.4. The van der Waals surface area contributed by atoms with Gasteiger partial charge in [-0.15, -0.1) is 0 Å². The molecule has 26 heavy (non-hydrogen) atoms. The molecule has 0 unspecified atom stereocenters. The standard InChI is InChI=1S/C18H24F3NO4/c1-17(2,3)26-16(23)22-9-8-14(24-4)15(11-22)25-13-7-5-6-12(10-13)18(19,20)21/h5-7,10,14-15H,8-9,11H2,1-4H3/t14-,15-/m1/s1. The molecule has 0 N–H and O–H groups in total. The van der Waals surface area contributed by atoms with Crippen LogP contribution in [0.4, 0.5) is 18.0 Å². The van der Waals surface area contributed by atoms with Crippen molar-refractivity contribution >= 4 is 6.09 Å². The normalized spacial score (nSPS) is 21.4. The van der Waals surface area contributed by atoms with Crippen LogP contribution in [0.3, 0.4) is 0 Å². The van der Waals surface area contributed by atoms with Crippen molar-refractivity contribution in [2.75, 3.05) is 20.2 Å². The minimum Gasteiger partial charge on any atom is -0.486 e. The van der Waals surface area contributed by atoms with Crippen LogP contribution in [-0.2, 0) is 15.7 Å². The van der Waals surface area contributed by atoms with Gasteiger partial charge in [-0.25, -0.2) is 4.79 Å². The predicted molar refractivity (Wildman–Crippen MR) is 89.1 cm³/mol. The maximum absolute atomic E-state index is 12.9. The van der Waals surface area contributed by atoms with Crippen LogP contribution in [0.1, 0.15) is 32.8 Å². The molecule has 2 rings (SSSR count). The van der Waals surface area contributed by atoms with Gasteiger partial charge in [0.1, 0.15) is 17.5 Å². The molecule has 1 heterocycles. The van der Waals surface area contributed by atoms with Gasteiger partial charge in [0.15, 0.2) is 0 Å². The Bertz CT molecular complexity index is 628. The third-order valence-corrected chi connectivity index (χ3v) is 3.90. The Hall–Kier alpha value is -1.96. The highest BCUT2D eigenvalue weighted by Gasteiger charge is 2.36. The molecule has 1 aromatic rings. The lowest BCUT2D eigenvalue weighted by atomic mass is 10.0. The molecule has 0 radical (unpaired) electrons. The highest BCUT2D eigenvalue weighted by Crippen LogP contribution is 2.32. The summed E-state index contributed by atoms with van der Waals surface area (Å²) < 4.78 is 55.1. The molecule has 2 atom stereocenters. The molecule has 1 amide bonds. The zero-order valence-corrected chi connectivity index (χ0v) is 15.3. The lowest BCUT2D eigenvalue weighted by Gasteiger charge is -2.38. The van der Waals surface area contributed by atoms with E-state index in [0.717, 1.165) is 12.1 Å². The van der Waals surface area contributed by atoms with E-state index in [1.807, 2.05) is 0 Å². The van der Waals surface area contributed by atoms with Crippen LogP contribution in [-0.4, -0.2) is 49.0 Å². The van der Waals surface area contributed by atoms with Gasteiger partial charge in [-0.3, -0.25) is 0 Å². The number of hydrogen-bond donors (Lipinski definition) is 0. The van der Waals surface area contributed by atoms with Crippen molar-refractivity contribution in [3.05, 3.63) is 29.8 Å². The summed E-state index contributed by atoms with van der Waals surface area (Å²) in [5, 5.41) is 0. The zero-order valence-electron chi connectivity index (χ0n) is 15.3. The predicted octanol–water partition coefficient (Wildman–Crippen LogP) is 4.11. The fourth-order valence-corrected chi connectivity index (χ4v) is 2.69. The summed E-state index contributed by atoms with van der Waals surface area (Å²) >= 11 is 0. The number of methoxy groups -OCH3 is 1. The minimum absolute atomic E-state index is 0.0814. The monoisotopic (exact) mass is 375 g/mol. The summed E-state index contributed by atoms with van der Waals surface area (Å²) in [5.74, 6) is 0.0814. The molecule has 8 heteroatoms. The van der Waals surface area contributed by atoms with Gasteiger partial charge in [0.25, 0.3) is 0 Å². The lowest BCUT2D eigenvalue weighted by Crippen LogP contribution is -2.53. The summed E-state index contributed by atoms with van der Waals surface area (Å²) in [5.41, 5.74) is -1.42. The number of hydrogen-bond acceptors (Lipinski definition) is 4. The first-order chi connectivity index (χ1) is 12.0. The second-order valence-electron chi connectivity index (χ2n) is 7.17. The van der Waals surface area contributed by atoms with E-state index in [2.05, 4.69) is 0 Å². The van der Waals surface area contributed by atoms with Crippen LogP contribution < -0.4 is 4.74 Å². The fraction of sp³-hybridized carbons (Fsp3) is 0.611. The molecule has 0 saturated carbocycles. The number of carbonyl (C=O) groups is 1. The molecular weight excluding hydrogens is 351 g/mol. The molecule has 5 nitrogen and oxygen atoms in total. The molecule has 0 spiro atoms. The minimum atomic E-state index is -4.45. The van der Waals surface area contributed by atoms with Crippen molar-refractivity contribution in [2.24, 2.45) is 0 Å². The molecule has 1 fully saturated rings. The SMILES string of the molecule is CO[C@@H]1CCN(C(=O)OC(C)(C)C)C[C@H]1Oc1cccc(C(F)(F)F)c1. The Kier molecular flexibility index (Phi) is 6.05. The number of piperidine rings is 1. The van der Waals surface area contributed by atoms with E-state index in [1.165, 1.54) is 24.1 Å². The van der Waals surface area contributed by atoms with Crippen LogP contribution in [0.2, 0.25) is 0 Å². The Morgan fingerprint density at radius 2 is 1.88 bits per heavy atom. The highest BCUT2D eigenvalue weighted by molar-refractivity contribution is 5.68. The summed E-state index contributed by atoms with van der Waals surface area (Å²) in [7, 11) is 1.51. The average Bonchev–Trinajstić information content (AvgIpc) is 2.52. The molecular formula is C18H24F3NO4. The first-order valence-electron chi connectivity index (χ1n) is 8.34. The highest BCUT2D eigenvalue weighted by atomic mass is 19.4. The number of ether oxygens (including phenoxy) is 3. The van der Waals surface area contributed by atoms with E-state index < -0.39 is 29.5 Å². The lowest BCUT2D eigenvalue weighted by molar-refractivity contribution is -0.137. The number of rotatable bonds is 3. The summed E-state index contributed by atoms with van der Waals surface area (Å²) in [6, 6.07) is 4.66. The Morgan fingerprint density at radius 3 is 2.46 bits per heavy atom. The number of benzene rings is 1. The van der Waals surface area contributed by atoms with Crippen LogP contribution in [0, 0.1) is 0 Å². The van der Waals surface area contributed by atoms with Gasteiger partial charge in [0.2, 0.25) is 0 Å². The van der Waals surface area contributed by atoms with E-state index in [1.54, 1.807) is 20.8 Å². The quantitative estimate of drug-likeness (QED) is 0.798. The average molecular weight is 375 g/mol. The number of nitrogens with zero attached hydrogens (tertiary/aromatic N) is 1. The van der Waals surface area contributed by atoms with Gasteiger partial charge in [-0.1, -0.05) is 6.07 Å². The van der Waals surface area contributed by atoms with Crippen LogP contribution >= 0.6 is 0 Å². The maximum atomic E-state index is 12.9. The van der Waals surface area contributed by atoms with Crippen molar-refractivity contribution in [1.82, 2.24) is 4.90 Å². The third kappa shape index (κ3) is 5.52. The molecule has 1 aromatic carbocycles. The molecule has 1 saturated heterocycles. The van der Waals surface area contributed by atoms with Crippen LogP contribution in [0.15, 0.2) is 24.3 Å². The van der Waals surface area contributed by atoms with Crippen LogP contribution in [0.5, 0.6) is 5.75 Å². The van der Waals surface area contributed by atoms with Gasteiger partial charge >= 0.3 is 12.3 Å². The van der Waals surface area contributed by atoms with E-state index in [4.69, 9.17) is 14.2 Å². The largest absolute Gasteiger partial charge is 0.486 e. The Morgan fingerprint density at radius 1 is 1.19 bits per heavy atom. The van der Waals surface area contributed by atoms with E-state index in [9.17, 15) is 18.0 Å². The van der Waals surface area contributed by atoms with E-state index in [0.29, 0.717) is 13.0 Å². The fourth-order valence-electron chi connectivity index (χ4n) is 2.69. The van der Waals surface area contributed by atoms with Gasteiger partial charge in [-0.2, -0.15) is 13.2 Å². The third-order valence-electron chi connectivity index (χ3n) is 3.90. The number of amides is 1. The molecule has 1 aliphatic rings. The van der Waals surface area contributed by atoms with E-state index in [-0.39, 0.29) is 18.4 Å².